The number of rotatable bonds is 9. The molecular formula is C22H35F. The lowest BCUT2D eigenvalue weighted by Crippen LogP contribution is -2.14. The van der Waals surface area contributed by atoms with E-state index in [1.54, 1.807) is 6.07 Å². The highest BCUT2D eigenvalue weighted by molar-refractivity contribution is 5.27. The van der Waals surface area contributed by atoms with Crippen molar-refractivity contribution >= 4 is 0 Å². The van der Waals surface area contributed by atoms with Crippen LogP contribution < -0.4 is 0 Å². The van der Waals surface area contributed by atoms with E-state index in [-0.39, 0.29) is 5.82 Å². The third kappa shape index (κ3) is 5.94. The normalized spacial score (nSPS) is 21.5. The molecule has 1 aromatic rings. The van der Waals surface area contributed by atoms with Gasteiger partial charge in [0.05, 0.1) is 0 Å². The molecule has 23 heavy (non-hydrogen) atoms. The number of halogens is 1. The highest BCUT2D eigenvalue weighted by Crippen LogP contribution is 2.38. The van der Waals surface area contributed by atoms with Crippen molar-refractivity contribution in [3.05, 3.63) is 35.1 Å². The number of aryl methyl sites for hydroxylation is 1. The first-order chi connectivity index (χ1) is 11.2. The lowest BCUT2D eigenvalue weighted by atomic mass is 9.76. The number of hydrogen-bond donors (Lipinski definition) is 0. The quantitative estimate of drug-likeness (QED) is 0.416. The summed E-state index contributed by atoms with van der Waals surface area (Å²) in [5, 5.41) is 0. The minimum atomic E-state index is 0.0495. The van der Waals surface area contributed by atoms with Crippen LogP contribution in [0.1, 0.15) is 102 Å². The molecule has 1 saturated carbocycles. The van der Waals surface area contributed by atoms with E-state index < -0.39 is 0 Å². The van der Waals surface area contributed by atoms with Gasteiger partial charge in [-0.15, -0.1) is 0 Å². The van der Waals surface area contributed by atoms with E-state index in [1.165, 1.54) is 76.2 Å². The van der Waals surface area contributed by atoms with Gasteiger partial charge >= 0.3 is 0 Å². The Morgan fingerprint density at radius 1 is 0.913 bits per heavy atom. The van der Waals surface area contributed by atoms with Gasteiger partial charge in [0, 0.05) is 0 Å². The van der Waals surface area contributed by atoms with Crippen LogP contribution in [0.4, 0.5) is 4.39 Å². The van der Waals surface area contributed by atoms with E-state index in [1.807, 2.05) is 0 Å². The second-order valence-electron chi connectivity index (χ2n) is 7.53. The van der Waals surface area contributed by atoms with Gasteiger partial charge < -0.3 is 0 Å². The van der Waals surface area contributed by atoms with Crippen molar-refractivity contribution in [2.45, 2.75) is 96.8 Å². The minimum absolute atomic E-state index is 0.0495. The van der Waals surface area contributed by atoms with Crippen molar-refractivity contribution in [2.75, 3.05) is 0 Å². The van der Waals surface area contributed by atoms with Crippen LogP contribution in [-0.4, -0.2) is 0 Å². The summed E-state index contributed by atoms with van der Waals surface area (Å²) in [6.07, 6.45) is 15.1. The fourth-order valence-corrected chi connectivity index (χ4v) is 4.08. The molecule has 0 spiro atoms. The molecule has 2 rings (SSSR count). The Hall–Kier alpha value is -0.850. The van der Waals surface area contributed by atoms with Crippen LogP contribution in [0.2, 0.25) is 0 Å². The van der Waals surface area contributed by atoms with Gasteiger partial charge in [0.2, 0.25) is 0 Å². The Morgan fingerprint density at radius 3 is 2.26 bits per heavy atom. The second-order valence-corrected chi connectivity index (χ2v) is 7.53. The van der Waals surface area contributed by atoms with Crippen molar-refractivity contribution in [3.8, 4) is 0 Å². The summed E-state index contributed by atoms with van der Waals surface area (Å²) in [6, 6.07) is 6.05. The molecule has 130 valence electrons. The molecule has 0 N–H and O–H groups in total. The highest BCUT2D eigenvalue weighted by Gasteiger charge is 2.24. The van der Waals surface area contributed by atoms with Gasteiger partial charge in [0.1, 0.15) is 5.82 Å². The molecule has 1 fully saturated rings. The van der Waals surface area contributed by atoms with E-state index in [9.17, 15) is 4.39 Å². The molecule has 0 nitrogen and oxygen atoms in total. The van der Waals surface area contributed by atoms with Gasteiger partial charge in [0.15, 0.2) is 0 Å². The summed E-state index contributed by atoms with van der Waals surface area (Å²) in [5.41, 5.74) is 2.16. The first-order valence-electron chi connectivity index (χ1n) is 10.0. The fraction of sp³-hybridized carbons (Fsp3) is 0.727. The van der Waals surface area contributed by atoms with E-state index >= 15 is 0 Å². The third-order valence-electron chi connectivity index (χ3n) is 5.64. The molecule has 0 radical (unpaired) electrons. The first-order valence-corrected chi connectivity index (χ1v) is 10.0. The molecule has 0 heterocycles. The van der Waals surface area contributed by atoms with Gasteiger partial charge in [-0.1, -0.05) is 64.5 Å². The van der Waals surface area contributed by atoms with Crippen LogP contribution >= 0.6 is 0 Å². The zero-order valence-corrected chi connectivity index (χ0v) is 15.2. The average Bonchev–Trinajstić information content (AvgIpc) is 2.56. The Bertz CT molecular complexity index is 443. The molecule has 0 aliphatic heterocycles. The largest absolute Gasteiger partial charge is 0.207 e. The zero-order chi connectivity index (χ0) is 16.5. The van der Waals surface area contributed by atoms with Crippen LogP contribution in [0.25, 0.3) is 0 Å². The maximum atomic E-state index is 14.5. The Morgan fingerprint density at radius 2 is 1.61 bits per heavy atom. The SMILES string of the molecule is CCCCCc1ccc(C2CCC(CCCCC)CC2)c(F)c1. The maximum Gasteiger partial charge on any atom is 0.126 e. The van der Waals surface area contributed by atoms with Crippen molar-refractivity contribution in [1.82, 2.24) is 0 Å². The van der Waals surface area contributed by atoms with Crippen molar-refractivity contribution in [1.29, 1.82) is 0 Å². The number of unbranched alkanes of at least 4 members (excludes halogenated alkanes) is 4. The van der Waals surface area contributed by atoms with Crippen molar-refractivity contribution in [2.24, 2.45) is 5.92 Å². The maximum absolute atomic E-state index is 14.5. The van der Waals surface area contributed by atoms with Crippen molar-refractivity contribution < 1.29 is 4.39 Å². The molecule has 1 aromatic carbocycles. The van der Waals surface area contributed by atoms with Crippen LogP contribution in [0, 0.1) is 11.7 Å². The van der Waals surface area contributed by atoms with Crippen LogP contribution in [0.3, 0.4) is 0 Å². The third-order valence-corrected chi connectivity index (χ3v) is 5.64. The second kappa shape index (κ2) is 10.1. The minimum Gasteiger partial charge on any atom is -0.207 e. The lowest BCUT2D eigenvalue weighted by Gasteiger charge is -2.29. The first kappa shape index (κ1) is 18.5. The Kier molecular flexibility index (Phi) is 8.12. The summed E-state index contributed by atoms with van der Waals surface area (Å²) in [5.74, 6) is 1.41. The van der Waals surface area contributed by atoms with Gasteiger partial charge in [-0.25, -0.2) is 4.39 Å². The van der Waals surface area contributed by atoms with Crippen molar-refractivity contribution in [3.63, 3.8) is 0 Å². The number of benzene rings is 1. The smallest absolute Gasteiger partial charge is 0.126 e. The molecule has 1 aliphatic carbocycles. The molecule has 0 unspecified atom stereocenters. The summed E-state index contributed by atoms with van der Waals surface area (Å²) in [6.45, 7) is 4.48. The molecule has 0 aromatic heterocycles. The zero-order valence-electron chi connectivity index (χ0n) is 15.2. The van der Waals surface area contributed by atoms with Crippen LogP contribution in [-0.2, 0) is 6.42 Å². The molecule has 0 saturated heterocycles. The van der Waals surface area contributed by atoms with E-state index in [0.29, 0.717) is 5.92 Å². The summed E-state index contributed by atoms with van der Waals surface area (Å²) >= 11 is 0. The fourth-order valence-electron chi connectivity index (χ4n) is 4.08. The monoisotopic (exact) mass is 318 g/mol. The highest BCUT2D eigenvalue weighted by atomic mass is 19.1. The van der Waals surface area contributed by atoms with Gasteiger partial charge in [-0.3, -0.25) is 0 Å². The summed E-state index contributed by atoms with van der Waals surface area (Å²) in [4.78, 5) is 0. The standard InChI is InChI=1S/C22H35F/c1-3-5-7-9-18-11-14-20(15-12-18)21-16-13-19(17-22(21)23)10-8-6-4-2/h13,16-18,20H,3-12,14-15H2,1-2H3. The van der Waals surface area contributed by atoms with Crippen LogP contribution in [0.5, 0.6) is 0 Å². The summed E-state index contributed by atoms with van der Waals surface area (Å²) < 4.78 is 14.5. The molecule has 0 amide bonds. The molecule has 1 heteroatoms. The predicted molar refractivity (Wildman–Crippen MR) is 98.5 cm³/mol. The van der Waals surface area contributed by atoms with Gasteiger partial charge in [0.25, 0.3) is 0 Å². The van der Waals surface area contributed by atoms with E-state index in [0.717, 1.165) is 17.9 Å². The Labute approximate surface area is 142 Å². The molecule has 0 bridgehead atoms. The Balaban J connectivity index is 1.83. The lowest BCUT2D eigenvalue weighted by molar-refractivity contribution is 0.299. The molecular weight excluding hydrogens is 283 g/mol. The topological polar surface area (TPSA) is 0 Å². The van der Waals surface area contributed by atoms with Gasteiger partial charge in [-0.2, -0.15) is 0 Å². The number of hydrogen-bond acceptors (Lipinski definition) is 0. The van der Waals surface area contributed by atoms with E-state index in [4.69, 9.17) is 0 Å². The predicted octanol–water partition coefficient (Wildman–Crippen LogP) is 7.41. The molecule has 1 aliphatic rings. The van der Waals surface area contributed by atoms with E-state index in [2.05, 4.69) is 26.0 Å². The summed E-state index contributed by atoms with van der Waals surface area (Å²) in [7, 11) is 0. The van der Waals surface area contributed by atoms with Crippen LogP contribution in [0.15, 0.2) is 18.2 Å². The average molecular weight is 319 g/mol. The molecule has 0 atom stereocenters. The van der Waals surface area contributed by atoms with Gasteiger partial charge in [-0.05, 0) is 67.6 Å².